The van der Waals surface area contributed by atoms with E-state index in [0.29, 0.717) is 24.4 Å². The molecular weight excluding hydrogens is 200 g/mol. The first-order valence-electron chi connectivity index (χ1n) is 6.61. The van der Waals surface area contributed by atoms with Crippen molar-refractivity contribution in [3.63, 3.8) is 0 Å². The molecule has 2 heteroatoms. The van der Waals surface area contributed by atoms with Crippen LogP contribution in [-0.4, -0.2) is 19.0 Å². The largest absolute Gasteiger partial charge is 0.378 e. The second-order valence-corrected chi connectivity index (χ2v) is 5.48. The molecule has 0 aliphatic heterocycles. The maximum atomic E-state index is 10.1. The zero-order valence-electron chi connectivity index (χ0n) is 10.9. The van der Waals surface area contributed by atoms with Gasteiger partial charge < -0.3 is 4.74 Å². The summed E-state index contributed by atoms with van der Waals surface area (Å²) < 4.78 is 5.95. The van der Waals surface area contributed by atoms with Gasteiger partial charge in [0.1, 0.15) is 0 Å². The molecule has 0 bridgehead atoms. The van der Waals surface area contributed by atoms with Crippen LogP contribution in [0.3, 0.4) is 0 Å². The molecule has 0 aromatic rings. The molecule has 16 heavy (non-hydrogen) atoms. The van der Waals surface area contributed by atoms with Crippen molar-refractivity contribution in [3.8, 4) is 0 Å². The van der Waals surface area contributed by atoms with Crippen LogP contribution in [-0.2, 0) is 9.53 Å². The molecule has 1 radical (unpaired) electrons. The Morgan fingerprint density at radius 1 is 1.38 bits per heavy atom. The van der Waals surface area contributed by atoms with Gasteiger partial charge in [-0.25, -0.2) is 0 Å². The average Bonchev–Trinajstić information content (AvgIpc) is 2.24. The molecule has 0 aromatic carbocycles. The van der Waals surface area contributed by atoms with Crippen LogP contribution in [0.1, 0.15) is 52.9 Å². The first kappa shape index (κ1) is 13.7. The predicted molar refractivity (Wildman–Crippen MR) is 66.0 cm³/mol. The van der Waals surface area contributed by atoms with E-state index in [2.05, 4.69) is 20.8 Å². The summed E-state index contributed by atoms with van der Waals surface area (Å²) in [5.74, 6) is 2.20. The molecule has 93 valence electrons. The molecule has 1 fully saturated rings. The summed E-state index contributed by atoms with van der Waals surface area (Å²) in [5, 5.41) is 0. The van der Waals surface area contributed by atoms with E-state index in [1.54, 1.807) is 0 Å². The highest BCUT2D eigenvalue weighted by Crippen LogP contribution is 2.35. The van der Waals surface area contributed by atoms with E-state index in [9.17, 15) is 4.79 Å². The molecule has 2 nitrogen and oxygen atoms in total. The van der Waals surface area contributed by atoms with Crippen molar-refractivity contribution in [2.24, 2.45) is 17.8 Å². The fraction of sp³-hybridized carbons (Fsp3) is 0.929. The minimum atomic E-state index is 0.412. The summed E-state index contributed by atoms with van der Waals surface area (Å²) in [6.45, 7) is 7.61. The quantitative estimate of drug-likeness (QED) is 0.648. The van der Waals surface area contributed by atoms with E-state index in [0.717, 1.165) is 18.9 Å². The standard InChI is InChI=1S/C14H25O2/c1-11(2)13-7-6-12(3)10-14(13)16-9-5-4-8-15/h11-14H,4-7,9-10H2,1-3H3. The Labute approximate surface area is 99.8 Å². The van der Waals surface area contributed by atoms with Crippen molar-refractivity contribution < 1.29 is 9.53 Å². The van der Waals surface area contributed by atoms with Crippen molar-refractivity contribution in [2.75, 3.05) is 6.61 Å². The lowest BCUT2D eigenvalue weighted by atomic mass is 9.75. The van der Waals surface area contributed by atoms with Gasteiger partial charge in [0.15, 0.2) is 6.29 Å². The first-order chi connectivity index (χ1) is 7.65. The zero-order valence-corrected chi connectivity index (χ0v) is 10.9. The fourth-order valence-electron chi connectivity index (χ4n) is 2.69. The Morgan fingerprint density at radius 3 is 2.75 bits per heavy atom. The van der Waals surface area contributed by atoms with Crippen molar-refractivity contribution in [1.82, 2.24) is 0 Å². The van der Waals surface area contributed by atoms with Crippen LogP contribution in [0.4, 0.5) is 0 Å². The normalized spacial score (nSPS) is 30.6. The number of carbonyl (C=O) groups excluding carboxylic acids is 1. The second kappa shape index (κ2) is 7.05. The smallest absolute Gasteiger partial charge is 0.198 e. The first-order valence-corrected chi connectivity index (χ1v) is 6.61. The second-order valence-electron chi connectivity index (χ2n) is 5.48. The Hall–Kier alpha value is -0.370. The highest BCUT2D eigenvalue weighted by Gasteiger charge is 2.30. The molecule has 3 unspecified atom stereocenters. The zero-order chi connectivity index (χ0) is 12.0. The third-order valence-corrected chi connectivity index (χ3v) is 3.72. The number of rotatable bonds is 6. The lowest BCUT2D eigenvalue weighted by Gasteiger charge is -2.37. The summed E-state index contributed by atoms with van der Waals surface area (Å²) in [6, 6.07) is 0. The molecule has 1 saturated carbocycles. The maximum Gasteiger partial charge on any atom is 0.198 e. The summed E-state index contributed by atoms with van der Waals surface area (Å²) in [5.41, 5.74) is 0. The summed E-state index contributed by atoms with van der Waals surface area (Å²) in [7, 11) is 0. The highest BCUT2D eigenvalue weighted by atomic mass is 16.5. The van der Waals surface area contributed by atoms with Gasteiger partial charge in [-0.05, 0) is 37.0 Å². The Morgan fingerprint density at radius 2 is 2.12 bits per heavy atom. The van der Waals surface area contributed by atoms with Gasteiger partial charge in [0.25, 0.3) is 0 Å². The Kier molecular flexibility index (Phi) is 6.04. The van der Waals surface area contributed by atoms with E-state index < -0.39 is 0 Å². The van der Waals surface area contributed by atoms with Gasteiger partial charge in [-0.15, -0.1) is 0 Å². The average molecular weight is 225 g/mol. The summed E-state index contributed by atoms with van der Waals surface area (Å²) in [4.78, 5) is 10.1. The van der Waals surface area contributed by atoms with E-state index in [1.807, 2.05) is 6.29 Å². The molecule has 0 heterocycles. The lowest BCUT2D eigenvalue weighted by Crippen LogP contribution is -2.34. The van der Waals surface area contributed by atoms with E-state index in [1.165, 1.54) is 19.3 Å². The van der Waals surface area contributed by atoms with Crippen LogP contribution >= 0.6 is 0 Å². The number of hydrogen-bond acceptors (Lipinski definition) is 2. The third-order valence-electron chi connectivity index (χ3n) is 3.72. The topological polar surface area (TPSA) is 26.3 Å². The molecule has 0 amide bonds. The maximum absolute atomic E-state index is 10.1. The Balaban J connectivity index is 2.35. The van der Waals surface area contributed by atoms with Gasteiger partial charge in [-0.2, -0.15) is 0 Å². The monoisotopic (exact) mass is 225 g/mol. The van der Waals surface area contributed by atoms with Crippen LogP contribution in [0.25, 0.3) is 0 Å². The van der Waals surface area contributed by atoms with Crippen molar-refractivity contribution in [1.29, 1.82) is 0 Å². The van der Waals surface area contributed by atoms with Gasteiger partial charge in [-0.1, -0.05) is 27.2 Å². The SMILES string of the molecule is CC1CCC(C(C)C)C(OCCC[C]=O)C1. The van der Waals surface area contributed by atoms with Gasteiger partial charge in [0, 0.05) is 13.0 Å². The van der Waals surface area contributed by atoms with Crippen LogP contribution < -0.4 is 0 Å². The molecule has 1 aliphatic carbocycles. The molecule has 3 atom stereocenters. The van der Waals surface area contributed by atoms with E-state index >= 15 is 0 Å². The van der Waals surface area contributed by atoms with Gasteiger partial charge in [0.05, 0.1) is 6.10 Å². The molecule has 0 saturated heterocycles. The molecular formula is C14H25O2. The lowest BCUT2D eigenvalue weighted by molar-refractivity contribution is -0.0385. The molecule has 1 rings (SSSR count). The molecule has 0 spiro atoms. The van der Waals surface area contributed by atoms with Crippen molar-refractivity contribution in [2.45, 2.75) is 59.0 Å². The number of ether oxygens (including phenoxy) is 1. The van der Waals surface area contributed by atoms with Crippen molar-refractivity contribution >= 4 is 6.29 Å². The van der Waals surface area contributed by atoms with Crippen LogP contribution in [0.5, 0.6) is 0 Å². The van der Waals surface area contributed by atoms with Crippen LogP contribution in [0, 0.1) is 17.8 Å². The van der Waals surface area contributed by atoms with Gasteiger partial charge >= 0.3 is 0 Å². The molecule has 0 aromatic heterocycles. The number of unbranched alkanes of at least 4 members (excludes halogenated alkanes) is 1. The third kappa shape index (κ3) is 4.25. The van der Waals surface area contributed by atoms with Gasteiger partial charge in [-0.3, -0.25) is 4.79 Å². The summed E-state index contributed by atoms with van der Waals surface area (Å²) in [6.07, 6.45) is 7.48. The predicted octanol–water partition coefficient (Wildman–Crippen LogP) is 3.35. The van der Waals surface area contributed by atoms with Crippen LogP contribution in [0.2, 0.25) is 0 Å². The van der Waals surface area contributed by atoms with E-state index in [4.69, 9.17) is 4.74 Å². The summed E-state index contributed by atoms with van der Waals surface area (Å²) >= 11 is 0. The molecule has 1 aliphatic rings. The minimum absolute atomic E-state index is 0.412. The number of hydrogen-bond donors (Lipinski definition) is 0. The minimum Gasteiger partial charge on any atom is -0.378 e. The van der Waals surface area contributed by atoms with E-state index in [-0.39, 0.29) is 0 Å². The van der Waals surface area contributed by atoms with Crippen LogP contribution in [0.15, 0.2) is 0 Å². The Bertz CT molecular complexity index is 201. The fourth-order valence-corrected chi connectivity index (χ4v) is 2.69. The highest BCUT2D eigenvalue weighted by molar-refractivity contribution is 5.50. The molecule has 0 N–H and O–H groups in total. The van der Waals surface area contributed by atoms with Crippen molar-refractivity contribution in [3.05, 3.63) is 0 Å². The van der Waals surface area contributed by atoms with Gasteiger partial charge in [0.2, 0.25) is 0 Å².